The number of ether oxygens (including phenoxy) is 1. The monoisotopic (exact) mass is 562 g/mol. The summed E-state index contributed by atoms with van der Waals surface area (Å²) in [7, 11) is 1.94. The first-order valence-electron chi connectivity index (χ1n) is 13.3. The molecule has 11 heteroatoms. The molecule has 210 valence electrons. The number of nitrogens with zero attached hydrogens (tertiary/aromatic N) is 6. The Balaban J connectivity index is 1.32. The topological polar surface area (TPSA) is 112 Å². The first-order chi connectivity index (χ1) is 19.1. The van der Waals surface area contributed by atoms with Crippen molar-refractivity contribution < 1.29 is 9.84 Å². The van der Waals surface area contributed by atoms with Crippen LogP contribution >= 0.6 is 11.6 Å². The summed E-state index contributed by atoms with van der Waals surface area (Å²) in [4.78, 5) is 20.1. The summed E-state index contributed by atoms with van der Waals surface area (Å²) in [6.07, 6.45) is 7.22. The zero-order valence-electron chi connectivity index (χ0n) is 23.4. The van der Waals surface area contributed by atoms with Gasteiger partial charge < -0.3 is 25.0 Å². The smallest absolute Gasteiger partial charge is 0.176 e. The lowest BCUT2D eigenvalue weighted by molar-refractivity contribution is 0.0952. The zero-order chi connectivity index (χ0) is 28.4. The number of aryl methyl sites for hydroxylation is 1. The van der Waals surface area contributed by atoms with Crippen molar-refractivity contribution in [2.24, 2.45) is 22.4 Å². The second-order valence-electron chi connectivity index (χ2n) is 10.9. The first kappa shape index (κ1) is 27.8. The highest BCUT2D eigenvalue weighted by atomic mass is 35.5. The summed E-state index contributed by atoms with van der Waals surface area (Å²) in [5.41, 5.74) is 3.92. The molecule has 5 rings (SSSR count). The van der Waals surface area contributed by atoms with Gasteiger partial charge in [-0.15, -0.1) is 0 Å². The SMILES string of the molecule is CCC(C)=CN=c1cc(Oc2ccc(Nc3ncnc4c3NC(N3CC(O)C(C)(C)C3)N=C4)cc2Cl)ccn1C. The highest BCUT2D eigenvalue weighted by Crippen LogP contribution is 2.36. The van der Waals surface area contributed by atoms with Crippen LogP contribution in [0.5, 0.6) is 11.5 Å². The number of nitrogens with one attached hydrogen (secondary N) is 2. The van der Waals surface area contributed by atoms with Gasteiger partial charge in [-0.3, -0.25) is 9.89 Å². The quantitative estimate of drug-likeness (QED) is 0.369. The van der Waals surface area contributed by atoms with Gasteiger partial charge >= 0.3 is 0 Å². The number of halogens is 1. The van der Waals surface area contributed by atoms with E-state index in [2.05, 4.69) is 63.2 Å². The van der Waals surface area contributed by atoms with Crippen LogP contribution in [-0.2, 0) is 7.05 Å². The fraction of sp³-hybridized carbons (Fsp3) is 0.379. The fourth-order valence-electron chi connectivity index (χ4n) is 4.50. The predicted molar refractivity (Wildman–Crippen MR) is 158 cm³/mol. The Morgan fingerprint density at radius 1 is 1.30 bits per heavy atom. The third-order valence-corrected chi connectivity index (χ3v) is 7.54. The summed E-state index contributed by atoms with van der Waals surface area (Å²) >= 11 is 6.63. The highest BCUT2D eigenvalue weighted by molar-refractivity contribution is 6.32. The van der Waals surface area contributed by atoms with Crippen LogP contribution in [0.25, 0.3) is 0 Å². The summed E-state index contributed by atoms with van der Waals surface area (Å²) in [5.74, 6) is 1.76. The minimum Gasteiger partial charge on any atom is -0.456 e. The Kier molecular flexibility index (Phi) is 7.93. The Morgan fingerprint density at radius 2 is 2.12 bits per heavy atom. The number of likely N-dealkylation sites (tertiary alicyclic amines) is 1. The maximum absolute atomic E-state index is 10.4. The van der Waals surface area contributed by atoms with Crippen LogP contribution in [0.4, 0.5) is 17.2 Å². The molecule has 1 aromatic carbocycles. The van der Waals surface area contributed by atoms with Gasteiger partial charge in [0.25, 0.3) is 0 Å². The molecule has 2 aliphatic rings. The van der Waals surface area contributed by atoms with Crippen molar-refractivity contribution in [3.8, 4) is 11.5 Å². The molecule has 1 saturated heterocycles. The van der Waals surface area contributed by atoms with Gasteiger partial charge in [-0.25, -0.2) is 15.0 Å². The molecule has 0 radical (unpaired) electrons. The van der Waals surface area contributed by atoms with Crippen molar-refractivity contribution in [3.63, 3.8) is 0 Å². The molecule has 3 aromatic rings. The van der Waals surface area contributed by atoms with E-state index in [0.29, 0.717) is 34.6 Å². The van der Waals surface area contributed by atoms with Crippen LogP contribution in [-0.4, -0.2) is 56.2 Å². The summed E-state index contributed by atoms with van der Waals surface area (Å²) in [6, 6.07) is 9.23. The van der Waals surface area contributed by atoms with Crippen molar-refractivity contribution >= 4 is 35.0 Å². The average molecular weight is 563 g/mol. The highest BCUT2D eigenvalue weighted by Gasteiger charge is 2.41. The molecule has 0 amide bonds. The van der Waals surface area contributed by atoms with E-state index in [1.807, 2.05) is 48.3 Å². The van der Waals surface area contributed by atoms with E-state index in [1.54, 1.807) is 12.3 Å². The third kappa shape index (κ3) is 6.04. The minimum atomic E-state index is -0.417. The molecule has 1 fully saturated rings. The van der Waals surface area contributed by atoms with Gasteiger partial charge in [0.1, 0.15) is 34.7 Å². The maximum Gasteiger partial charge on any atom is 0.176 e. The summed E-state index contributed by atoms with van der Waals surface area (Å²) in [5, 5.41) is 17.7. The number of aliphatic hydroxyl groups excluding tert-OH is 1. The van der Waals surface area contributed by atoms with Crippen molar-refractivity contribution in [2.45, 2.75) is 46.5 Å². The van der Waals surface area contributed by atoms with Gasteiger partial charge in [-0.1, -0.05) is 37.9 Å². The number of hydrogen-bond acceptors (Lipinski definition) is 9. The van der Waals surface area contributed by atoms with Crippen LogP contribution in [0.1, 0.15) is 39.8 Å². The van der Waals surface area contributed by atoms with Crippen LogP contribution in [0.3, 0.4) is 0 Å². The molecule has 4 heterocycles. The lowest BCUT2D eigenvalue weighted by Crippen LogP contribution is -2.41. The van der Waals surface area contributed by atoms with Crippen molar-refractivity contribution in [2.75, 3.05) is 23.7 Å². The number of aliphatic hydroxyl groups is 1. The Labute approximate surface area is 239 Å². The van der Waals surface area contributed by atoms with Gasteiger partial charge in [0, 0.05) is 49.7 Å². The lowest BCUT2D eigenvalue weighted by Gasteiger charge is -2.30. The van der Waals surface area contributed by atoms with Crippen LogP contribution in [0.2, 0.25) is 5.02 Å². The number of rotatable bonds is 7. The van der Waals surface area contributed by atoms with Crippen molar-refractivity contribution in [1.29, 1.82) is 0 Å². The molecule has 0 saturated carbocycles. The molecule has 0 bridgehead atoms. The molecule has 2 aromatic heterocycles. The van der Waals surface area contributed by atoms with E-state index in [0.717, 1.165) is 29.8 Å². The van der Waals surface area contributed by atoms with Crippen LogP contribution in [0, 0.1) is 5.41 Å². The normalized spacial score (nSPS) is 20.8. The van der Waals surface area contributed by atoms with Gasteiger partial charge in [-0.05, 0) is 37.6 Å². The van der Waals surface area contributed by atoms with Gasteiger partial charge in [0.05, 0.1) is 17.3 Å². The molecule has 10 nitrogen and oxygen atoms in total. The second-order valence-corrected chi connectivity index (χ2v) is 11.3. The molecular weight excluding hydrogens is 528 g/mol. The predicted octanol–water partition coefficient (Wildman–Crippen LogP) is 5.05. The molecule has 2 unspecified atom stereocenters. The number of pyridine rings is 1. The number of fused-ring (bicyclic) bond motifs is 1. The summed E-state index contributed by atoms with van der Waals surface area (Å²) in [6.45, 7) is 9.53. The number of allylic oxidation sites excluding steroid dienone is 1. The molecule has 0 aliphatic carbocycles. The Morgan fingerprint density at radius 3 is 2.85 bits per heavy atom. The minimum absolute atomic E-state index is 0.203. The molecule has 2 aliphatic heterocycles. The second kappa shape index (κ2) is 11.4. The van der Waals surface area contributed by atoms with E-state index < -0.39 is 6.10 Å². The molecule has 0 spiro atoms. The van der Waals surface area contributed by atoms with E-state index in [4.69, 9.17) is 16.3 Å². The van der Waals surface area contributed by atoms with E-state index in [-0.39, 0.29) is 11.7 Å². The summed E-state index contributed by atoms with van der Waals surface area (Å²) < 4.78 is 8.03. The maximum atomic E-state index is 10.4. The lowest BCUT2D eigenvalue weighted by atomic mass is 9.90. The molecule has 2 atom stereocenters. The van der Waals surface area contributed by atoms with Gasteiger partial charge in [0.2, 0.25) is 0 Å². The molecule has 3 N–H and O–H groups in total. The standard InChI is InChI=1S/C29H35ClN8O2/c1-6-18(2)13-31-25-12-20(9-10-37(25)5)40-23-8-7-19(11-21(23)30)35-27-26-22(33-17-34-27)14-32-28(36-26)38-15-24(39)29(3,4)16-38/h7-14,17,24,28,36,39H,6,15-16H2,1-5H3,(H,33,34,35). The van der Waals surface area contributed by atoms with E-state index in [9.17, 15) is 5.11 Å². The average Bonchev–Trinajstić information content (AvgIpc) is 3.21. The number of aromatic nitrogens is 3. The van der Waals surface area contributed by atoms with E-state index >= 15 is 0 Å². The number of β-amino-alcohol motifs (C(OH)–C–C–N with tert-alkyl or cyclic N) is 1. The number of aliphatic imine (C=N–C) groups is 1. The number of benzene rings is 1. The first-order valence-corrected chi connectivity index (χ1v) is 13.7. The zero-order valence-corrected chi connectivity index (χ0v) is 24.1. The Hall–Kier alpha value is -3.73. The fourth-order valence-corrected chi connectivity index (χ4v) is 4.72. The van der Waals surface area contributed by atoms with Gasteiger partial charge in [0.15, 0.2) is 12.1 Å². The third-order valence-electron chi connectivity index (χ3n) is 7.25. The van der Waals surface area contributed by atoms with Crippen molar-refractivity contribution in [1.82, 2.24) is 19.4 Å². The van der Waals surface area contributed by atoms with Crippen LogP contribution in [0.15, 0.2) is 64.6 Å². The van der Waals surface area contributed by atoms with E-state index in [1.165, 1.54) is 11.9 Å². The van der Waals surface area contributed by atoms with Crippen molar-refractivity contribution in [3.05, 3.63) is 70.8 Å². The Bertz CT molecular complexity index is 1530. The van der Waals surface area contributed by atoms with Crippen LogP contribution < -0.4 is 20.9 Å². The largest absolute Gasteiger partial charge is 0.456 e. The number of anilines is 3. The number of hydrogen-bond donors (Lipinski definition) is 3. The van der Waals surface area contributed by atoms with Gasteiger partial charge in [-0.2, -0.15) is 0 Å². The molecular formula is C29H35ClN8O2. The molecule has 40 heavy (non-hydrogen) atoms.